The van der Waals surface area contributed by atoms with Gasteiger partial charge in [0.05, 0.1) is 4.90 Å². The molecule has 0 radical (unpaired) electrons. The van der Waals surface area contributed by atoms with Gasteiger partial charge in [-0.15, -0.1) is 0 Å². The standard InChI is InChI=1S/C17H19NO5S/c1-17(19,13-5-3-2-4-6-13)12-18-24(20,21)14-7-8-15-16(11-14)23-10-9-22-15/h2-8,11,18-19H,9-10,12H2,1H3. The van der Waals surface area contributed by atoms with Gasteiger partial charge >= 0.3 is 0 Å². The second-order valence-electron chi connectivity index (χ2n) is 5.77. The van der Waals surface area contributed by atoms with Gasteiger partial charge in [-0.05, 0) is 24.6 Å². The number of hydrogen-bond donors (Lipinski definition) is 2. The van der Waals surface area contributed by atoms with Crippen LogP contribution in [0.3, 0.4) is 0 Å². The molecule has 2 N–H and O–H groups in total. The maximum Gasteiger partial charge on any atom is 0.240 e. The molecule has 2 aromatic rings. The summed E-state index contributed by atoms with van der Waals surface area (Å²) in [6.07, 6.45) is 0. The van der Waals surface area contributed by atoms with E-state index in [1.807, 2.05) is 6.07 Å². The first kappa shape index (κ1) is 16.8. The fourth-order valence-corrected chi connectivity index (χ4v) is 3.56. The van der Waals surface area contributed by atoms with Crippen molar-refractivity contribution in [3.63, 3.8) is 0 Å². The molecule has 1 aliphatic heterocycles. The Morgan fingerprint density at radius 2 is 1.75 bits per heavy atom. The zero-order valence-electron chi connectivity index (χ0n) is 13.2. The third-order valence-electron chi connectivity index (χ3n) is 3.83. The topological polar surface area (TPSA) is 84.9 Å². The maximum absolute atomic E-state index is 12.5. The van der Waals surface area contributed by atoms with E-state index in [4.69, 9.17) is 9.47 Å². The summed E-state index contributed by atoms with van der Waals surface area (Å²) in [6, 6.07) is 13.4. The highest BCUT2D eigenvalue weighted by molar-refractivity contribution is 7.89. The molecule has 1 atom stereocenters. The second kappa shape index (κ2) is 6.43. The molecule has 0 saturated heterocycles. The van der Waals surface area contributed by atoms with Crippen molar-refractivity contribution in [1.29, 1.82) is 0 Å². The number of rotatable bonds is 5. The first-order valence-corrected chi connectivity index (χ1v) is 9.04. The van der Waals surface area contributed by atoms with Gasteiger partial charge in [0, 0.05) is 12.6 Å². The number of ether oxygens (including phenoxy) is 2. The smallest absolute Gasteiger partial charge is 0.240 e. The van der Waals surface area contributed by atoms with Crippen LogP contribution >= 0.6 is 0 Å². The number of fused-ring (bicyclic) bond motifs is 1. The molecule has 24 heavy (non-hydrogen) atoms. The number of hydrogen-bond acceptors (Lipinski definition) is 5. The largest absolute Gasteiger partial charge is 0.486 e. The summed E-state index contributed by atoms with van der Waals surface area (Å²) in [5, 5.41) is 10.5. The minimum atomic E-state index is -3.78. The molecule has 0 aliphatic carbocycles. The Morgan fingerprint density at radius 1 is 1.08 bits per heavy atom. The van der Waals surface area contributed by atoms with Crippen molar-refractivity contribution >= 4 is 10.0 Å². The molecule has 0 amide bonds. The lowest BCUT2D eigenvalue weighted by Gasteiger charge is -2.24. The lowest BCUT2D eigenvalue weighted by atomic mass is 9.97. The fourth-order valence-electron chi connectivity index (χ4n) is 2.41. The minimum Gasteiger partial charge on any atom is -0.486 e. The van der Waals surface area contributed by atoms with Crippen molar-refractivity contribution in [2.75, 3.05) is 19.8 Å². The molecule has 1 heterocycles. The van der Waals surface area contributed by atoms with Crippen molar-refractivity contribution in [1.82, 2.24) is 4.72 Å². The molecule has 7 heteroatoms. The quantitative estimate of drug-likeness (QED) is 0.857. The Morgan fingerprint density at radius 3 is 2.46 bits per heavy atom. The fraction of sp³-hybridized carbons (Fsp3) is 0.294. The highest BCUT2D eigenvalue weighted by Gasteiger charge is 2.27. The molecule has 0 bridgehead atoms. The van der Waals surface area contributed by atoms with E-state index in [9.17, 15) is 13.5 Å². The SMILES string of the molecule is CC(O)(CNS(=O)(=O)c1ccc2c(c1)OCCO2)c1ccccc1. The third kappa shape index (κ3) is 3.53. The summed E-state index contributed by atoms with van der Waals surface area (Å²) in [5.41, 5.74) is -0.683. The molecule has 0 aromatic heterocycles. The van der Waals surface area contributed by atoms with Crippen molar-refractivity contribution in [3.05, 3.63) is 54.1 Å². The van der Waals surface area contributed by atoms with Crippen LogP contribution < -0.4 is 14.2 Å². The summed E-state index contributed by atoms with van der Waals surface area (Å²) < 4.78 is 38.2. The summed E-state index contributed by atoms with van der Waals surface area (Å²) in [5.74, 6) is 0.926. The van der Waals surface area contributed by atoms with Gasteiger partial charge in [-0.1, -0.05) is 30.3 Å². The van der Waals surface area contributed by atoms with Crippen molar-refractivity contribution in [2.45, 2.75) is 17.4 Å². The van der Waals surface area contributed by atoms with Gasteiger partial charge in [0.1, 0.15) is 18.8 Å². The highest BCUT2D eigenvalue weighted by Crippen LogP contribution is 2.32. The average molecular weight is 349 g/mol. The van der Waals surface area contributed by atoms with Crippen molar-refractivity contribution in [3.8, 4) is 11.5 Å². The van der Waals surface area contributed by atoms with E-state index in [1.165, 1.54) is 12.1 Å². The van der Waals surface area contributed by atoms with Gasteiger partial charge < -0.3 is 14.6 Å². The molecule has 2 aromatic carbocycles. The zero-order chi connectivity index (χ0) is 17.2. The van der Waals surface area contributed by atoms with E-state index < -0.39 is 15.6 Å². The molecule has 3 rings (SSSR count). The van der Waals surface area contributed by atoms with Gasteiger partial charge in [-0.3, -0.25) is 0 Å². The average Bonchev–Trinajstić information content (AvgIpc) is 2.60. The maximum atomic E-state index is 12.5. The first-order valence-electron chi connectivity index (χ1n) is 7.56. The molecule has 1 aliphatic rings. The van der Waals surface area contributed by atoms with Crippen LogP contribution in [0, 0.1) is 0 Å². The third-order valence-corrected chi connectivity index (χ3v) is 5.22. The molecule has 0 spiro atoms. The molecule has 6 nitrogen and oxygen atoms in total. The van der Waals surface area contributed by atoms with Crippen LogP contribution in [0.4, 0.5) is 0 Å². The molecule has 0 fully saturated rings. The van der Waals surface area contributed by atoms with Crippen LogP contribution in [-0.2, 0) is 15.6 Å². The van der Waals surface area contributed by atoms with E-state index in [-0.39, 0.29) is 11.4 Å². The van der Waals surface area contributed by atoms with Gasteiger partial charge in [0.2, 0.25) is 10.0 Å². The van der Waals surface area contributed by atoms with E-state index in [1.54, 1.807) is 37.3 Å². The van der Waals surface area contributed by atoms with Gasteiger partial charge in [0.15, 0.2) is 11.5 Å². The van der Waals surface area contributed by atoms with E-state index in [0.29, 0.717) is 30.3 Å². The van der Waals surface area contributed by atoms with Gasteiger partial charge in [0.25, 0.3) is 0 Å². The Labute approximate surface area is 141 Å². The number of aliphatic hydroxyl groups is 1. The Bertz CT molecular complexity index is 818. The molecule has 1 unspecified atom stereocenters. The normalized spacial score (nSPS) is 16.4. The summed E-state index contributed by atoms with van der Waals surface area (Å²) in [4.78, 5) is 0.0654. The Kier molecular flexibility index (Phi) is 4.49. The molecule has 128 valence electrons. The molecular formula is C17H19NO5S. The summed E-state index contributed by atoms with van der Waals surface area (Å²) >= 11 is 0. The van der Waals surface area contributed by atoms with Crippen LogP contribution in [0.1, 0.15) is 12.5 Å². The second-order valence-corrected chi connectivity index (χ2v) is 7.54. The highest BCUT2D eigenvalue weighted by atomic mass is 32.2. The first-order chi connectivity index (χ1) is 11.4. The predicted octanol–water partition coefficient (Wildman–Crippen LogP) is 1.64. The zero-order valence-corrected chi connectivity index (χ0v) is 14.0. The van der Waals surface area contributed by atoms with Crippen molar-refractivity contribution in [2.24, 2.45) is 0 Å². The summed E-state index contributed by atoms with van der Waals surface area (Å²) in [7, 11) is -3.78. The van der Waals surface area contributed by atoms with Crippen molar-refractivity contribution < 1.29 is 23.0 Å². The van der Waals surface area contributed by atoms with Crippen LogP contribution in [0.5, 0.6) is 11.5 Å². The van der Waals surface area contributed by atoms with Crippen LogP contribution in [-0.4, -0.2) is 33.3 Å². The monoisotopic (exact) mass is 349 g/mol. The van der Waals surface area contributed by atoms with Crippen LogP contribution in [0.15, 0.2) is 53.4 Å². The number of benzene rings is 2. The minimum absolute atomic E-state index is 0.0654. The predicted molar refractivity (Wildman–Crippen MR) is 88.6 cm³/mol. The van der Waals surface area contributed by atoms with Crippen LogP contribution in [0.25, 0.3) is 0 Å². The summed E-state index contributed by atoms with van der Waals surface area (Å²) in [6.45, 7) is 2.24. The lowest BCUT2D eigenvalue weighted by Crippen LogP contribution is -2.38. The van der Waals surface area contributed by atoms with E-state index >= 15 is 0 Å². The number of nitrogens with one attached hydrogen (secondary N) is 1. The lowest BCUT2D eigenvalue weighted by molar-refractivity contribution is 0.0627. The molecule has 0 saturated carbocycles. The van der Waals surface area contributed by atoms with Gasteiger partial charge in [-0.2, -0.15) is 0 Å². The Hall–Kier alpha value is -2.09. The van der Waals surface area contributed by atoms with Crippen LogP contribution in [0.2, 0.25) is 0 Å². The van der Waals surface area contributed by atoms with E-state index in [0.717, 1.165) is 0 Å². The number of sulfonamides is 1. The molecular weight excluding hydrogens is 330 g/mol. The van der Waals surface area contributed by atoms with Gasteiger partial charge in [-0.25, -0.2) is 13.1 Å². The Balaban J connectivity index is 1.77. The van der Waals surface area contributed by atoms with E-state index in [2.05, 4.69) is 4.72 Å².